The van der Waals surface area contributed by atoms with E-state index in [0.717, 1.165) is 30.3 Å². The topological polar surface area (TPSA) is 61.7 Å². The predicted molar refractivity (Wildman–Crippen MR) is 86.0 cm³/mol. The van der Waals surface area contributed by atoms with E-state index < -0.39 is 0 Å². The molecule has 0 saturated carbocycles. The minimum Gasteiger partial charge on any atom is -0.337 e. The molecule has 2 aliphatic rings. The summed E-state index contributed by atoms with van der Waals surface area (Å²) in [5, 5.41) is 0. The number of hydrogen-bond acceptors (Lipinski definition) is 5. The minimum absolute atomic E-state index is 0.119. The zero-order valence-electron chi connectivity index (χ0n) is 13.1. The standard InChI is InChI=1S/C16H21N5O/c1-12(2)14-10-13(11-19-14)15(22)20-6-8-21(9-7-20)16-17-4-3-5-18-16/h3-5,10,12H,6-9,11H2,1-2H3. The van der Waals surface area contributed by atoms with Crippen LogP contribution >= 0.6 is 0 Å². The molecule has 2 aliphatic heterocycles. The summed E-state index contributed by atoms with van der Waals surface area (Å²) < 4.78 is 0. The van der Waals surface area contributed by atoms with Gasteiger partial charge >= 0.3 is 0 Å². The van der Waals surface area contributed by atoms with Crippen molar-refractivity contribution in [2.45, 2.75) is 13.8 Å². The summed E-state index contributed by atoms with van der Waals surface area (Å²) in [6, 6.07) is 1.81. The second kappa shape index (κ2) is 6.25. The fourth-order valence-electron chi connectivity index (χ4n) is 2.69. The van der Waals surface area contributed by atoms with Crippen molar-refractivity contribution in [2.75, 3.05) is 37.6 Å². The molecule has 0 aromatic carbocycles. The number of aliphatic imine (C=N–C) groups is 1. The van der Waals surface area contributed by atoms with Gasteiger partial charge in [-0.1, -0.05) is 13.8 Å². The Balaban J connectivity index is 1.58. The average molecular weight is 299 g/mol. The third kappa shape index (κ3) is 3.00. The van der Waals surface area contributed by atoms with Gasteiger partial charge in [0, 0.05) is 49.9 Å². The van der Waals surface area contributed by atoms with Crippen LogP contribution < -0.4 is 4.90 Å². The molecule has 22 heavy (non-hydrogen) atoms. The molecule has 0 spiro atoms. The van der Waals surface area contributed by atoms with Crippen LogP contribution in [-0.2, 0) is 4.79 Å². The van der Waals surface area contributed by atoms with Crippen LogP contribution in [0.1, 0.15) is 13.8 Å². The van der Waals surface area contributed by atoms with Gasteiger partial charge in [-0.3, -0.25) is 9.79 Å². The van der Waals surface area contributed by atoms with Gasteiger partial charge in [0.05, 0.1) is 6.54 Å². The van der Waals surface area contributed by atoms with Crippen molar-refractivity contribution in [2.24, 2.45) is 10.9 Å². The number of rotatable bonds is 3. The van der Waals surface area contributed by atoms with Gasteiger partial charge < -0.3 is 9.80 Å². The molecule has 1 amide bonds. The second-order valence-corrected chi connectivity index (χ2v) is 5.89. The van der Waals surface area contributed by atoms with Crippen molar-refractivity contribution >= 4 is 17.6 Å². The molecule has 1 fully saturated rings. The minimum atomic E-state index is 0.119. The molecule has 1 saturated heterocycles. The Labute approximate surface area is 130 Å². The van der Waals surface area contributed by atoms with E-state index >= 15 is 0 Å². The normalized spacial score (nSPS) is 18.5. The monoisotopic (exact) mass is 299 g/mol. The van der Waals surface area contributed by atoms with Crippen molar-refractivity contribution in [3.63, 3.8) is 0 Å². The molecule has 1 aromatic heterocycles. The third-order valence-electron chi connectivity index (χ3n) is 4.02. The highest BCUT2D eigenvalue weighted by Gasteiger charge is 2.26. The van der Waals surface area contributed by atoms with Gasteiger partial charge in [0.2, 0.25) is 5.95 Å². The summed E-state index contributed by atoms with van der Waals surface area (Å²) in [5.41, 5.74) is 1.84. The van der Waals surface area contributed by atoms with E-state index in [1.54, 1.807) is 12.4 Å². The number of carbonyl (C=O) groups excluding carboxylic acids is 1. The van der Waals surface area contributed by atoms with Crippen LogP contribution in [0.15, 0.2) is 35.1 Å². The smallest absolute Gasteiger partial charge is 0.251 e. The molecule has 3 rings (SSSR count). The van der Waals surface area contributed by atoms with Gasteiger partial charge in [0.15, 0.2) is 0 Å². The lowest BCUT2D eigenvalue weighted by Crippen LogP contribution is -2.49. The second-order valence-electron chi connectivity index (χ2n) is 5.89. The van der Waals surface area contributed by atoms with E-state index in [-0.39, 0.29) is 5.91 Å². The predicted octanol–water partition coefficient (Wildman–Crippen LogP) is 1.16. The first-order chi connectivity index (χ1) is 10.6. The summed E-state index contributed by atoms with van der Waals surface area (Å²) in [7, 11) is 0. The van der Waals surface area contributed by atoms with Gasteiger partial charge in [-0.25, -0.2) is 9.97 Å². The van der Waals surface area contributed by atoms with Gasteiger partial charge in [-0.05, 0) is 18.1 Å². The lowest BCUT2D eigenvalue weighted by Gasteiger charge is -2.34. The number of carbonyl (C=O) groups is 1. The molecule has 3 heterocycles. The Hall–Kier alpha value is -2.24. The van der Waals surface area contributed by atoms with Crippen LogP contribution in [0.5, 0.6) is 0 Å². The fourth-order valence-corrected chi connectivity index (χ4v) is 2.69. The number of hydrogen-bond donors (Lipinski definition) is 0. The van der Waals surface area contributed by atoms with E-state index in [1.807, 2.05) is 17.0 Å². The molecule has 6 nitrogen and oxygen atoms in total. The van der Waals surface area contributed by atoms with Gasteiger partial charge in [-0.2, -0.15) is 0 Å². The van der Waals surface area contributed by atoms with Gasteiger partial charge in [0.1, 0.15) is 0 Å². The molecule has 0 N–H and O–H groups in total. The molecule has 0 bridgehead atoms. The maximum atomic E-state index is 12.5. The van der Waals surface area contributed by atoms with Crippen LogP contribution in [0.3, 0.4) is 0 Å². The largest absolute Gasteiger partial charge is 0.337 e. The number of nitrogens with zero attached hydrogens (tertiary/aromatic N) is 5. The molecule has 116 valence electrons. The summed E-state index contributed by atoms with van der Waals surface area (Å²) in [4.78, 5) is 29.5. The van der Waals surface area contributed by atoms with E-state index in [2.05, 4.69) is 33.7 Å². The number of aromatic nitrogens is 2. The van der Waals surface area contributed by atoms with Crippen molar-refractivity contribution < 1.29 is 4.79 Å². The maximum Gasteiger partial charge on any atom is 0.251 e. The Morgan fingerprint density at radius 1 is 1.14 bits per heavy atom. The first-order valence-electron chi connectivity index (χ1n) is 7.71. The van der Waals surface area contributed by atoms with Crippen molar-refractivity contribution in [3.8, 4) is 0 Å². The number of anilines is 1. The average Bonchev–Trinajstić information content (AvgIpc) is 3.05. The molecule has 0 aliphatic carbocycles. The molecule has 0 atom stereocenters. The van der Waals surface area contributed by atoms with E-state index in [9.17, 15) is 4.79 Å². The van der Waals surface area contributed by atoms with E-state index in [1.165, 1.54) is 0 Å². The molecular formula is C16H21N5O. The number of piperazine rings is 1. The summed E-state index contributed by atoms with van der Waals surface area (Å²) >= 11 is 0. The fraction of sp³-hybridized carbons (Fsp3) is 0.500. The highest BCUT2D eigenvalue weighted by Crippen LogP contribution is 2.16. The summed E-state index contributed by atoms with van der Waals surface area (Å²) in [5.74, 6) is 1.23. The Bertz CT molecular complexity index is 600. The van der Waals surface area contributed by atoms with Crippen molar-refractivity contribution in [1.82, 2.24) is 14.9 Å². The lowest BCUT2D eigenvalue weighted by molar-refractivity contribution is -0.127. The highest BCUT2D eigenvalue weighted by molar-refractivity contribution is 6.07. The lowest BCUT2D eigenvalue weighted by atomic mass is 10.1. The molecular weight excluding hydrogens is 278 g/mol. The van der Waals surface area contributed by atoms with Crippen LogP contribution in [0.4, 0.5) is 5.95 Å². The molecule has 6 heteroatoms. The summed E-state index contributed by atoms with van der Waals surface area (Å²) in [6.45, 7) is 7.65. The van der Waals surface area contributed by atoms with Crippen LogP contribution in [0, 0.1) is 5.92 Å². The Kier molecular flexibility index (Phi) is 4.18. The number of amides is 1. The SMILES string of the molecule is CC(C)C1=NCC(C(=O)N2CCN(c3ncccn3)CC2)=C1. The first kappa shape index (κ1) is 14.7. The van der Waals surface area contributed by atoms with Crippen LogP contribution in [-0.4, -0.2) is 59.2 Å². The maximum absolute atomic E-state index is 12.5. The third-order valence-corrected chi connectivity index (χ3v) is 4.02. The summed E-state index contributed by atoms with van der Waals surface area (Å²) in [6.07, 6.45) is 5.45. The van der Waals surface area contributed by atoms with E-state index in [0.29, 0.717) is 25.6 Å². The Morgan fingerprint density at radius 2 is 1.82 bits per heavy atom. The molecule has 1 aromatic rings. The van der Waals surface area contributed by atoms with Crippen molar-refractivity contribution in [1.29, 1.82) is 0 Å². The molecule has 0 unspecified atom stereocenters. The van der Waals surface area contributed by atoms with Gasteiger partial charge in [-0.15, -0.1) is 0 Å². The zero-order chi connectivity index (χ0) is 15.5. The van der Waals surface area contributed by atoms with Crippen LogP contribution in [0.2, 0.25) is 0 Å². The quantitative estimate of drug-likeness (QED) is 0.840. The first-order valence-corrected chi connectivity index (χ1v) is 7.71. The zero-order valence-corrected chi connectivity index (χ0v) is 13.1. The van der Waals surface area contributed by atoms with Crippen LogP contribution in [0.25, 0.3) is 0 Å². The Morgan fingerprint density at radius 3 is 2.41 bits per heavy atom. The van der Waals surface area contributed by atoms with Crippen molar-refractivity contribution in [3.05, 3.63) is 30.1 Å². The van der Waals surface area contributed by atoms with E-state index in [4.69, 9.17) is 0 Å². The molecule has 0 radical (unpaired) electrons. The highest BCUT2D eigenvalue weighted by atomic mass is 16.2. The van der Waals surface area contributed by atoms with Gasteiger partial charge in [0.25, 0.3) is 5.91 Å². The number of allylic oxidation sites excluding steroid dienone is 1.